The second kappa shape index (κ2) is 7.25. The fourth-order valence-corrected chi connectivity index (χ4v) is 2.11. The van der Waals surface area contributed by atoms with Gasteiger partial charge in [0.2, 0.25) is 6.33 Å². The summed E-state index contributed by atoms with van der Waals surface area (Å²) < 4.78 is 9.97. The molecule has 1 aromatic carbocycles. The molecule has 0 radical (unpaired) electrons. The largest absolute Gasteiger partial charge is 0.341 e. The number of imidazole rings is 1. The summed E-state index contributed by atoms with van der Waals surface area (Å²) in [6, 6.07) is 8.63. The van der Waals surface area contributed by atoms with Gasteiger partial charge in [0.15, 0.2) is 6.73 Å². The zero-order valence-electron chi connectivity index (χ0n) is 12.7. The van der Waals surface area contributed by atoms with E-state index in [0.717, 1.165) is 13.2 Å². The Hall–Kier alpha value is -1.61. The van der Waals surface area contributed by atoms with Crippen LogP contribution < -0.4 is 4.57 Å². The van der Waals surface area contributed by atoms with Crippen LogP contribution in [0.25, 0.3) is 0 Å². The van der Waals surface area contributed by atoms with Gasteiger partial charge in [0.25, 0.3) is 0 Å². The number of aromatic nitrogens is 2. The molecule has 0 unspecified atom stereocenters. The molecular weight excluding hydrogens is 248 g/mol. The number of ether oxygens (including phenoxy) is 1. The molecule has 0 amide bonds. The van der Waals surface area contributed by atoms with Crippen LogP contribution in [-0.4, -0.2) is 11.2 Å². The maximum absolute atomic E-state index is 5.70. The summed E-state index contributed by atoms with van der Waals surface area (Å²) in [5.74, 6) is 0.630. The first-order chi connectivity index (χ1) is 9.67. The maximum Gasteiger partial charge on any atom is 0.245 e. The predicted octanol–water partition coefficient (Wildman–Crippen LogP) is 3.15. The van der Waals surface area contributed by atoms with Crippen molar-refractivity contribution < 1.29 is 9.30 Å². The van der Waals surface area contributed by atoms with E-state index in [1.807, 2.05) is 0 Å². The van der Waals surface area contributed by atoms with Crippen LogP contribution in [0.15, 0.2) is 43.0 Å². The highest BCUT2D eigenvalue weighted by Gasteiger charge is 2.06. The zero-order chi connectivity index (χ0) is 14.4. The van der Waals surface area contributed by atoms with Gasteiger partial charge in [-0.25, -0.2) is 9.13 Å². The Morgan fingerprint density at radius 2 is 2.20 bits per heavy atom. The van der Waals surface area contributed by atoms with Crippen molar-refractivity contribution in [2.75, 3.05) is 6.61 Å². The van der Waals surface area contributed by atoms with Crippen LogP contribution in [0.1, 0.15) is 31.4 Å². The summed E-state index contributed by atoms with van der Waals surface area (Å²) >= 11 is 0. The standard InChI is InChI=1S/C17H25N2O/c1-4-15(2)12-20-14-19-9-8-18(13-19)11-17-7-5-6-16(3)10-17/h5-10,13,15H,4,11-12,14H2,1-3H3/q+1/t15-/m1/s1. The fraction of sp³-hybridized carbons (Fsp3) is 0.471. The molecule has 0 spiro atoms. The Morgan fingerprint density at radius 1 is 1.35 bits per heavy atom. The minimum atomic E-state index is 0.630. The van der Waals surface area contributed by atoms with Gasteiger partial charge < -0.3 is 4.74 Å². The third kappa shape index (κ3) is 4.49. The molecule has 0 bridgehead atoms. The van der Waals surface area contributed by atoms with E-state index in [9.17, 15) is 0 Å². The number of hydrogen-bond acceptors (Lipinski definition) is 1. The van der Waals surface area contributed by atoms with Crippen LogP contribution in [-0.2, 0) is 18.0 Å². The van der Waals surface area contributed by atoms with Crippen molar-refractivity contribution in [2.24, 2.45) is 5.92 Å². The van der Waals surface area contributed by atoms with Crippen LogP contribution in [0.4, 0.5) is 0 Å². The van der Waals surface area contributed by atoms with Crippen molar-refractivity contribution >= 4 is 0 Å². The van der Waals surface area contributed by atoms with Crippen LogP contribution in [0.3, 0.4) is 0 Å². The van der Waals surface area contributed by atoms with E-state index in [0.29, 0.717) is 12.6 Å². The highest BCUT2D eigenvalue weighted by Crippen LogP contribution is 2.04. The van der Waals surface area contributed by atoms with Gasteiger partial charge >= 0.3 is 0 Å². The quantitative estimate of drug-likeness (QED) is 0.709. The van der Waals surface area contributed by atoms with Crippen LogP contribution in [0.2, 0.25) is 0 Å². The third-order valence-electron chi connectivity index (χ3n) is 3.53. The van der Waals surface area contributed by atoms with E-state index in [4.69, 9.17) is 4.74 Å². The molecule has 0 aliphatic rings. The van der Waals surface area contributed by atoms with E-state index in [1.54, 1.807) is 0 Å². The lowest BCUT2D eigenvalue weighted by molar-refractivity contribution is -0.688. The Kier molecular flexibility index (Phi) is 5.36. The second-order valence-corrected chi connectivity index (χ2v) is 5.60. The SMILES string of the molecule is CC[C@@H](C)COCn1cc[n+](Cc2cccc(C)c2)c1. The molecule has 1 heterocycles. The van der Waals surface area contributed by atoms with Gasteiger partial charge in [0.05, 0.1) is 6.61 Å². The molecule has 3 heteroatoms. The summed E-state index contributed by atoms with van der Waals surface area (Å²) in [6.07, 6.45) is 7.42. The van der Waals surface area contributed by atoms with E-state index < -0.39 is 0 Å². The summed E-state index contributed by atoms with van der Waals surface area (Å²) in [7, 11) is 0. The Morgan fingerprint density at radius 3 is 2.95 bits per heavy atom. The molecule has 108 valence electrons. The summed E-state index contributed by atoms with van der Waals surface area (Å²) in [4.78, 5) is 0. The van der Waals surface area contributed by atoms with Gasteiger partial charge in [0.1, 0.15) is 18.9 Å². The smallest absolute Gasteiger partial charge is 0.245 e. The Bertz CT molecular complexity index is 533. The van der Waals surface area contributed by atoms with Gasteiger partial charge in [-0.05, 0) is 18.4 Å². The topological polar surface area (TPSA) is 18.0 Å². The maximum atomic E-state index is 5.70. The number of aryl methyl sites for hydroxylation is 1. The van der Waals surface area contributed by atoms with E-state index in [-0.39, 0.29) is 0 Å². The molecule has 3 nitrogen and oxygen atoms in total. The molecule has 2 aromatic rings. The lowest BCUT2D eigenvalue weighted by atomic mass is 10.1. The van der Waals surface area contributed by atoms with Crippen LogP contribution in [0.5, 0.6) is 0 Å². The average molecular weight is 273 g/mol. The van der Waals surface area contributed by atoms with E-state index in [2.05, 4.69) is 72.9 Å². The van der Waals surface area contributed by atoms with Gasteiger partial charge in [0, 0.05) is 0 Å². The van der Waals surface area contributed by atoms with Crippen molar-refractivity contribution in [1.82, 2.24) is 4.57 Å². The van der Waals surface area contributed by atoms with Gasteiger partial charge in [-0.1, -0.05) is 50.1 Å². The lowest BCUT2D eigenvalue weighted by Gasteiger charge is -2.07. The normalized spacial score (nSPS) is 12.6. The molecule has 1 atom stereocenters. The van der Waals surface area contributed by atoms with E-state index in [1.165, 1.54) is 17.5 Å². The molecular formula is C17H25N2O+. The molecule has 0 fully saturated rings. The molecule has 0 aliphatic carbocycles. The average Bonchev–Trinajstić information content (AvgIpc) is 2.86. The van der Waals surface area contributed by atoms with E-state index >= 15 is 0 Å². The minimum Gasteiger partial charge on any atom is -0.341 e. The third-order valence-corrected chi connectivity index (χ3v) is 3.53. The van der Waals surface area contributed by atoms with Crippen molar-refractivity contribution in [1.29, 1.82) is 0 Å². The molecule has 0 N–H and O–H groups in total. The first-order valence-electron chi connectivity index (χ1n) is 7.35. The van der Waals surface area contributed by atoms with Gasteiger partial charge in [-0.2, -0.15) is 0 Å². The minimum absolute atomic E-state index is 0.630. The second-order valence-electron chi connectivity index (χ2n) is 5.60. The van der Waals surface area contributed by atoms with Crippen LogP contribution in [0, 0.1) is 12.8 Å². The summed E-state index contributed by atoms with van der Waals surface area (Å²) in [5, 5.41) is 0. The summed E-state index contributed by atoms with van der Waals surface area (Å²) in [6.45, 7) is 8.90. The molecule has 2 rings (SSSR count). The summed E-state index contributed by atoms with van der Waals surface area (Å²) in [5.41, 5.74) is 2.63. The highest BCUT2D eigenvalue weighted by molar-refractivity contribution is 5.21. The monoisotopic (exact) mass is 273 g/mol. The fourth-order valence-electron chi connectivity index (χ4n) is 2.11. The molecule has 0 aliphatic heterocycles. The first-order valence-corrected chi connectivity index (χ1v) is 7.35. The zero-order valence-corrected chi connectivity index (χ0v) is 12.7. The molecule has 20 heavy (non-hydrogen) atoms. The van der Waals surface area contributed by atoms with Crippen molar-refractivity contribution in [3.8, 4) is 0 Å². The highest BCUT2D eigenvalue weighted by atomic mass is 16.5. The molecule has 0 saturated heterocycles. The van der Waals surface area contributed by atoms with Gasteiger partial charge in [-0.15, -0.1) is 0 Å². The van der Waals surface area contributed by atoms with Gasteiger partial charge in [-0.3, -0.25) is 0 Å². The van der Waals surface area contributed by atoms with Crippen molar-refractivity contribution in [3.05, 3.63) is 54.1 Å². The number of benzene rings is 1. The number of hydrogen-bond donors (Lipinski definition) is 0. The Labute approximate surface area is 121 Å². The predicted molar refractivity (Wildman–Crippen MR) is 80.3 cm³/mol. The first kappa shape index (κ1) is 14.8. The van der Waals surface area contributed by atoms with Crippen molar-refractivity contribution in [2.45, 2.75) is 40.5 Å². The number of rotatable bonds is 7. The molecule has 1 aromatic heterocycles. The number of nitrogens with zero attached hydrogens (tertiary/aromatic N) is 2. The lowest BCUT2D eigenvalue weighted by Crippen LogP contribution is -2.31. The molecule has 0 saturated carbocycles. The van der Waals surface area contributed by atoms with Crippen LogP contribution >= 0.6 is 0 Å². The van der Waals surface area contributed by atoms with Crippen molar-refractivity contribution in [3.63, 3.8) is 0 Å². The Balaban J connectivity index is 1.86.